The summed E-state index contributed by atoms with van der Waals surface area (Å²) in [7, 11) is 1.73. The molecule has 2 aromatic carbocycles. The number of fused-ring (bicyclic) bond motifs is 1. The largest absolute Gasteiger partial charge is 0.488 e. The molecule has 7 heteroatoms. The lowest BCUT2D eigenvalue weighted by Gasteiger charge is -2.18. The van der Waals surface area contributed by atoms with Crippen molar-refractivity contribution in [1.82, 2.24) is 14.6 Å². The monoisotopic (exact) mass is 429 g/mol. The highest BCUT2D eigenvalue weighted by Gasteiger charge is 2.29. The molecule has 0 spiro atoms. The van der Waals surface area contributed by atoms with Crippen molar-refractivity contribution < 1.29 is 14.1 Å². The van der Waals surface area contributed by atoms with E-state index in [-0.39, 0.29) is 17.6 Å². The molecular formula is C25H23N3O4. The van der Waals surface area contributed by atoms with Crippen LogP contribution < -0.4 is 10.3 Å². The maximum atomic E-state index is 13.2. The summed E-state index contributed by atoms with van der Waals surface area (Å²) >= 11 is 0. The number of hydrogen-bond acceptors (Lipinski definition) is 5. The summed E-state index contributed by atoms with van der Waals surface area (Å²) in [6, 6.07) is 18.5. The number of likely N-dealkylation sites (tertiary alicyclic amines) is 1. The van der Waals surface area contributed by atoms with Crippen LogP contribution in [0.3, 0.4) is 0 Å². The normalized spacial score (nSPS) is 15.9. The van der Waals surface area contributed by atoms with Crippen molar-refractivity contribution in [1.29, 1.82) is 0 Å². The molecule has 7 nitrogen and oxygen atoms in total. The van der Waals surface area contributed by atoms with Gasteiger partial charge >= 0.3 is 0 Å². The molecule has 0 aliphatic carbocycles. The molecule has 5 rings (SSSR count). The molecule has 1 aliphatic rings. The van der Waals surface area contributed by atoms with Crippen LogP contribution in [-0.2, 0) is 7.05 Å². The number of rotatable bonds is 4. The number of aromatic nitrogens is 2. The average molecular weight is 429 g/mol. The number of amides is 1. The van der Waals surface area contributed by atoms with E-state index in [9.17, 15) is 9.59 Å². The second kappa shape index (κ2) is 8.00. The maximum absolute atomic E-state index is 13.2. The highest BCUT2D eigenvalue weighted by atomic mass is 16.5. The molecule has 1 amide bonds. The molecule has 0 radical (unpaired) electrons. The second-order valence-corrected chi connectivity index (χ2v) is 8.12. The van der Waals surface area contributed by atoms with Crippen LogP contribution in [0, 0.1) is 6.92 Å². The van der Waals surface area contributed by atoms with Crippen LogP contribution in [0.5, 0.6) is 5.75 Å². The molecule has 162 valence electrons. The van der Waals surface area contributed by atoms with E-state index < -0.39 is 0 Å². The first-order valence-corrected chi connectivity index (χ1v) is 10.6. The highest BCUT2D eigenvalue weighted by molar-refractivity contribution is 6.01. The van der Waals surface area contributed by atoms with Crippen LogP contribution in [0.2, 0.25) is 0 Å². The number of benzene rings is 2. The summed E-state index contributed by atoms with van der Waals surface area (Å²) in [5.74, 6) is 1.14. The fourth-order valence-electron chi connectivity index (χ4n) is 4.06. The van der Waals surface area contributed by atoms with Crippen LogP contribution in [0.4, 0.5) is 0 Å². The third-order valence-electron chi connectivity index (χ3n) is 5.97. The van der Waals surface area contributed by atoms with Gasteiger partial charge < -0.3 is 18.7 Å². The van der Waals surface area contributed by atoms with Gasteiger partial charge in [0.2, 0.25) is 0 Å². The molecule has 1 saturated heterocycles. The molecule has 1 unspecified atom stereocenters. The van der Waals surface area contributed by atoms with Gasteiger partial charge in [0, 0.05) is 42.9 Å². The van der Waals surface area contributed by atoms with Gasteiger partial charge in [-0.1, -0.05) is 35.5 Å². The summed E-state index contributed by atoms with van der Waals surface area (Å²) in [5, 5.41) is 4.93. The lowest BCUT2D eigenvalue weighted by molar-refractivity contribution is 0.0772. The van der Waals surface area contributed by atoms with Crippen molar-refractivity contribution in [3.05, 3.63) is 82.3 Å². The number of aryl methyl sites for hydroxylation is 1. The van der Waals surface area contributed by atoms with E-state index in [1.165, 1.54) is 6.07 Å². The third kappa shape index (κ3) is 3.66. The Labute approximate surface area is 184 Å². The van der Waals surface area contributed by atoms with Gasteiger partial charge in [-0.3, -0.25) is 9.59 Å². The third-order valence-corrected chi connectivity index (χ3v) is 5.97. The van der Waals surface area contributed by atoms with Crippen molar-refractivity contribution in [3.63, 3.8) is 0 Å². The maximum Gasteiger partial charge on any atom is 0.254 e. The SMILES string of the molecule is Cc1cc(OC2CCN(C(=O)c3ccc4noc(-c5ccccc5)c4c3)C2)cc(=O)n1C. The van der Waals surface area contributed by atoms with E-state index in [1.807, 2.05) is 55.5 Å². The summed E-state index contributed by atoms with van der Waals surface area (Å²) in [6.45, 7) is 2.93. The van der Waals surface area contributed by atoms with E-state index in [0.717, 1.165) is 16.6 Å². The minimum atomic E-state index is -0.148. The zero-order valence-electron chi connectivity index (χ0n) is 17.9. The topological polar surface area (TPSA) is 77.6 Å². The van der Waals surface area contributed by atoms with Crippen molar-refractivity contribution in [2.75, 3.05) is 13.1 Å². The molecule has 1 aliphatic heterocycles. The standard InChI is InChI=1S/C25H23N3O4/c1-16-12-20(14-23(29)27(16)2)31-19-10-11-28(15-19)25(30)18-8-9-22-21(13-18)24(32-26-22)17-6-4-3-5-7-17/h3-9,12-14,19H,10-11,15H2,1-2H3. The van der Waals surface area contributed by atoms with Crippen molar-refractivity contribution >= 4 is 16.8 Å². The van der Waals surface area contributed by atoms with Gasteiger partial charge in [-0.25, -0.2) is 0 Å². The molecule has 3 heterocycles. The van der Waals surface area contributed by atoms with E-state index >= 15 is 0 Å². The fourth-order valence-corrected chi connectivity index (χ4v) is 4.06. The second-order valence-electron chi connectivity index (χ2n) is 8.12. The van der Waals surface area contributed by atoms with Gasteiger partial charge in [-0.15, -0.1) is 0 Å². The zero-order valence-corrected chi connectivity index (χ0v) is 17.9. The van der Waals surface area contributed by atoms with Crippen LogP contribution in [0.15, 0.2) is 70.0 Å². The van der Waals surface area contributed by atoms with Crippen LogP contribution >= 0.6 is 0 Å². The predicted octanol–water partition coefficient (Wildman–Crippen LogP) is 3.80. The number of hydrogen-bond donors (Lipinski definition) is 0. The minimum absolute atomic E-state index is 0.0571. The van der Waals surface area contributed by atoms with Crippen LogP contribution in [-0.4, -0.2) is 39.7 Å². The molecule has 0 bridgehead atoms. The molecule has 32 heavy (non-hydrogen) atoms. The molecule has 2 aromatic heterocycles. The summed E-state index contributed by atoms with van der Waals surface area (Å²) in [6.07, 6.45) is 0.565. The number of pyridine rings is 1. The summed E-state index contributed by atoms with van der Waals surface area (Å²) in [5.41, 5.74) is 2.93. The lowest BCUT2D eigenvalue weighted by atomic mass is 10.1. The average Bonchev–Trinajstić information content (AvgIpc) is 3.44. The van der Waals surface area contributed by atoms with E-state index in [2.05, 4.69) is 5.16 Å². The first-order valence-electron chi connectivity index (χ1n) is 10.6. The molecule has 1 atom stereocenters. The molecule has 1 fully saturated rings. The Morgan fingerprint density at radius 3 is 2.72 bits per heavy atom. The smallest absolute Gasteiger partial charge is 0.254 e. The van der Waals surface area contributed by atoms with Gasteiger partial charge in [0.1, 0.15) is 17.4 Å². The van der Waals surface area contributed by atoms with Gasteiger partial charge in [-0.05, 0) is 31.2 Å². The van der Waals surface area contributed by atoms with E-state index in [0.29, 0.717) is 42.1 Å². The Morgan fingerprint density at radius 2 is 1.94 bits per heavy atom. The molecule has 0 saturated carbocycles. The van der Waals surface area contributed by atoms with Crippen molar-refractivity contribution in [2.24, 2.45) is 7.05 Å². The highest BCUT2D eigenvalue weighted by Crippen LogP contribution is 2.30. The Morgan fingerprint density at radius 1 is 1.12 bits per heavy atom. The molecular weight excluding hydrogens is 406 g/mol. The van der Waals surface area contributed by atoms with E-state index in [4.69, 9.17) is 9.26 Å². The first-order chi connectivity index (χ1) is 15.5. The Hall–Kier alpha value is -3.87. The van der Waals surface area contributed by atoms with Gasteiger partial charge in [0.15, 0.2) is 5.76 Å². The van der Waals surface area contributed by atoms with Crippen LogP contribution in [0.1, 0.15) is 22.5 Å². The fraction of sp³-hybridized carbons (Fsp3) is 0.240. The Balaban J connectivity index is 1.34. The van der Waals surface area contributed by atoms with Crippen LogP contribution in [0.25, 0.3) is 22.2 Å². The Kier molecular flexibility index (Phi) is 5.01. The summed E-state index contributed by atoms with van der Waals surface area (Å²) < 4.78 is 13.1. The number of ether oxygens (including phenoxy) is 1. The quantitative estimate of drug-likeness (QED) is 0.493. The number of nitrogens with zero attached hydrogens (tertiary/aromatic N) is 3. The molecule has 4 aromatic rings. The molecule has 0 N–H and O–H groups in total. The lowest BCUT2D eigenvalue weighted by Crippen LogP contribution is -2.31. The van der Waals surface area contributed by atoms with Crippen molar-refractivity contribution in [3.8, 4) is 17.1 Å². The van der Waals surface area contributed by atoms with Gasteiger partial charge in [0.25, 0.3) is 11.5 Å². The van der Waals surface area contributed by atoms with Gasteiger partial charge in [-0.2, -0.15) is 0 Å². The van der Waals surface area contributed by atoms with E-state index in [1.54, 1.807) is 22.6 Å². The predicted molar refractivity (Wildman–Crippen MR) is 121 cm³/mol. The first kappa shape index (κ1) is 20.1. The minimum Gasteiger partial charge on any atom is -0.488 e. The number of carbonyl (C=O) groups is 1. The van der Waals surface area contributed by atoms with Crippen molar-refractivity contribution in [2.45, 2.75) is 19.4 Å². The zero-order chi connectivity index (χ0) is 22.2. The summed E-state index contributed by atoms with van der Waals surface area (Å²) in [4.78, 5) is 27.0. The number of carbonyl (C=O) groups excluding carboxylic acids is 1. The Bertz CT molecular complexity index is 1360. The van der Waals surface area contributed by atoms with Gasteiger partial charge in [0.05, 0.1) is 11.9 Å².